The highest BCUT2D eigenvalue weighted by Gasteiger charge is 2.32. The van der Waals surface area contributed by atoms with Crippen molar-refractivity contribution in [3.05, 3.63) is 70.3 Å². The van der Waals surface area contributed by atoms with Crippen molar-refractivity contribution in [2.45, 2.75) is 44.3 Å². The number of fused-ring (bicyclic) bond motifs is 1. The molecule has 214 valence electrons. The van der Waals surface area contributed by atoms with Gasteiger partial charge in [-0.05, 0) is 56.5 Å². The second kappa shape index (κ2) is 14.3. The lowest BCUT2D eigenvalue weighted by Gasteiger charge is -2.37. The van der Waals surface area contributed by atoms with Crippen LogP contribution in [-0.4, -0.2) is 54.1 Å². The molecule has 1 amide bonds. The molecule has 0 saturated heterocycles. The molecule has 1 fully saturated rings. The highest BCUT2D eigenvalue weighted by molar-refractivity contribution is 7.21. The third kappa shape index (κ3) is 6.64. The zero-order chi connectivity index (χ0) is 26.6. The third-order valence-corrected chi connectivity index (χ3v) is 9.03. The number of carbonyl (C=O) groups excluding carboxylic acids is 1. The van der Waals surface area contributed by atoms with E-state index in [9.17, 15) is 4.79 Å². The van der Waals surface area contributed by atoms with Crippen molar-refractivity contribution in [3.8, 4) is 16.9 Å². The first-order valence-electron chi connectivity index (χ1n) is 12.8. The zero-order valence-electron chi connectivity index (χ0n) is 22.6. The number of methoxy groups -OCH3 is 1. The molecule has 0 radical (unpaired) electrons. The second-order valence-electron chi connectivity index (χ2n) is 9.54. The summed E-state index contributed by atoms with van der Waals surface area (Å²) in [5.74, 6) is 1.28. The summed E-state index contributed by atoms with van der Waals surface area (Å²) in [5, 5.41) is 7.80. The number of amides is 1. The standard InChI is InChI=1S/C29H32ClN5O2S.2ClH/c1-31-21-9-11-22(12-10-21)35(28(36)27-26(30)23-6-4-5-7-25(23)38-27)17-19-14-18(8-13-24(19)37-3)20-15-33-29(32-2)34-16-20;;/h4-8,13-16,21-22,31H,9-12,17H2,1-3H3,(H,32,33,34);2*1H. The fourth-order valence-corrected chi connectivity index (χ4v) is 6.66. The number of anilines is 1. The van der Waals surface area contributed by atoms with E-state index < -0.39 is 0 Å². The van der Waals surface area contributed by atoms with Crippen molar-refractivity contribution in [1.29, 1.82) is 0 Å². The van der Waals surface area contributed by atoms with Crippen molar-refractivity contribution in [1.82, 2.24) is 20.2 Å². The number of hydrogen-bond acceptors (Lipinski definition) is 7. The maximum absolute atomic E-state index is 14.2. The van der Waals surface area contributed by atoms with Crippen LogP contribution in [0.5, 0.6) is 5.75 Å². The average Bonchev–Trinajstić information content (AvgIpc) is 3.32. The van der Waals surface area contributed by atoms with Gasteiger partial charge in [-0.15, -0.1) is 36.2 Å². The maximum atomic E-state index is 14.2. The van der Waals surface area contributed by atoms with Crippen LogP contribution in [0.25, 0.3) is 21.2 Å². The Morgan fingerprint density at radius 1 is 1.05 bits per heavy atom. The molecule has 2 aromatic carbocycles. The Balaban J connectivity index is 0.00000220. The number of nitrogens with zero attached hydrogens (tertiary/aromatic N) is 3. The first-order chi connectivity index (χ1) is 18.5. The molecule has 5 rings (SSSR count). The Morgan fingerprint density at radius 3 is 2.38 bits per heavy atom. The molecule has 0 spiro atoms. The van der Waals surface area contributed by atoms with Crippen LogP contribution in [0, 0.1) is 0 Å². The molecule has 40 heavy (non-hydrogen) atoms. The highest BCUT2D eigenvalue weighted by atomic mass is 35.5. The Labute approximate surface area is 256 Å². The van der Waals surface area contributed by atoms with Gasteiger partial charge >= 0.3 is 0 Å². The van der Waals surface area contributed by atoms with E-state index in [1.165, 1.54) is 11.3 Å². The van der Waals surface area contributed by atoms with Crippen molar-refractivity contribution < 1.29 is 9.53 Å². The van der Waals surface area contributed by atoms with E-state index >= 15 is 0 Å². The second-order valence-corrected chi connectivity index (χ2v) is 11.0. The minimum absolute atomic E-state index is 0. The van der Waals surface area contributed by atoms with Crippen molar-refractivity contribution in [2.24, 2.45) is 0 Å². The number of ether oxygens (including phenoxy) is 1. The Kier molecular flexibility index (Phi) is 11.4. The Morgan fingerprint density at radius 2 is 1.75 bits per heavy atom. The maximum Gasteiger partial charge on any atom is 0.266 e. The van der Waals surface area contributed by atoms with Gasteiger partial charge in [-0.1, -0.05) is 35.9 Å². The monoisotopic (exact) mass is 621 g/mol. The van der Waals surface area contributed by atoms with E-state index in [2.05, 4.69) is 26.7 Å². The van der Waals surface area contributed by atoms with E-state index in [0.29, 0.717) is 28.4 Å². The van der Waals surface area contributed by atoms with Gasteiger partial charge in [0.25, 0.3) is 5.91 Å². The number of nitrogens with one attached hydrogen (secondary N) is 2. The lowest BCUT2D eigenvalue weighted by Crippen LogP contribution is -2.44. The number of carbonyl (C=O) groups is 1. The first kappa shape index (κ1) is 31.9. The quantitative estimate of drug-likeness (QED) is 0.219. The topological polar surface area (TPSA) is 79.4 Å². The number of rotatable bonds is 8. The summed E-state index contributed by atoms with van der Waals surface area (Å²) in [7, 11) is 5.46. The normalized spacial score (nSPS) is 16.5. The predicted octanol–water partition coefficient (Wildman–Crippen LogP) is 7.08. The SMILES string of the molecule is CNc1ncc(-c2ccc(OC)c(CN(C(=O)c3sc4ccccc4c3Cl)C3CCC(NC)CC3)c2)cn1.Cl.Cl. The Bertz CT molecular complexity index is 1430. The molecule has 2 heterocycles. The molecule has 2 N–H and O–H groups in total. The molecule has 0 aliphatic heterocycles. The molecule has 0 atom stereocenters. The fourth-order valence-electron chi connectivity index (χ4n) is 5.20. The summed E-state index contributed by atoms with van der Waals surface area (Å²) in [6.45, 7) is 0.421. The van der Waals surface area contributed by atoms with E-state index in [1.807, 2.05) is 48.3 Å². The zero-order valence-corrected chi connectivity index (χ0v) is 25.9. The summed E-state index contributed by atoms with van der Waals surface area (Å²) < 4.78 is 6.76. The van der Waals surface area contributed by atoms with Gasteiger partial charge in [0, 0.05) is 59.3 Å². The molecule has 4 aromatic rings. The lowest BCUT2D eigenvalue weighted by atomic mass is 9.89. The summed E-state index contributed by atoms with van der Waals surface area (Å²) >= 11 is 8.25. The largest absolute Gasteiger partial charge is 0.496 e. The number of thiophene rings is 1. The molecule has 1 aliphatic carbocycles. The Hall–Kier alpha value is -2.62. The summed E-state index contributed by atoms with van der Waals surface area (Å²) in [6, 6.07) is 14.5. The number of aromatic nitrogens is 2. The molecule has 1 saturated carbocycles. The summed E-state index contributed by atoms with van der Waals surface area (Å²) in [4.78, 5) is 25.5. The molecular formula is C29H34Cl3N5O2S. The highest BCUT2D eigenvalue weighted by Crippen LogP contribution is 2.38. The minimum Gasteiger partial charge on any atom is -0.496 e. The van der Waals surface area contributed by atoms with Crippen LogP contribution in [0.15, 0.2) is 54.9 Å². The van der Waals surface area contributed by atoms with Crippen LogP contribution in [0.4, 0.5) is 5.95 Å². The van der Waals surface area contributed by atoms with Crippen LogP contribution >= 0.6 is 47.8 Å². The van der Waals surface area contributed by atoms with Gasteiger partial charge in [0.15, 0.2) is 0 Å². The first-order valence-corrected chi connectivity index (χ1v) is 14.0. The molecule has 0 bridgehead atoms. The molecular weight excluding hydrogens is 589 g/mol. The van der Waals surface area contributed by atoms with E-state index in [4.69, 9.17) is 16.3 Å². The van der Waals surface area contributed by atoms with Crippen molar-refractivity contribution in [2.75, 3.05) is 26.5 Å². The van der Waals surface area contributed by atoms with E-state index in [1.54, 1.807) is 26.6 Å². The van der Waals surface area contributed by atoms with Gasteiger partial charge in [0.05, 0.1) is 12.1 Å². The fraction of sp³-hybridized carbons (Fsp3) is 0.345. The van der Waals surface area contributed by atoms with E-state index in [0.717, 1.165) is 58.2 Å². The van der Waals surface area contributed by atoms with Crippen LogP contribution in [0.1, 0.15) is 40.9 Å². The number of benzene rings is 2. The predicted molar refractivity (Wildman–Crippen MR) is 170 cm³/mol. The molecule has 7 nitrogen and oxygen atoms in total. The third-order valence-electron chi connectivity index (χ3n) is 7.37. The van der Waals surface area contributed by atoms with Crippen LogP contribution in [0.3, 0.4) is 0 Å². The number of hydrogen-bond donors (Lipinski definition) is 2. The van der Waals surface area contributed by atoms with Gasteiger partial charge in [0.1, 0.15) is 10.6 Å². The molecule has 11 heteroatoms. The molecule has 2 aromatic heterocycles. The number of halogens is 3. The smallest absolute Gasteiger partial charge is 0.266 e. The molecule has 1 aliphatic rings. The summed E-state index contributed by atoms with van der Waals surface area (Å²) in [5.41, 5.74) is 2.80. The minimum atomic E-state index is -0.0294. The van der Waals surface area contributed by atoms with Crippen LogP contribution in [-0.2, 0) is 6.54 Å². The van der Waals surface area contributed by atoms with Crippen LogP contribution in [0.2, 0.25) is 5.02 Å². The van der Waals surface area contributed by atoms with Gasteiger partial charge in [0.2, 0.25) is 5.95 Å². The molecule has 0 unspecified atom stereocenters. The van der Waals surface area contributed by atoms with Crippen molar-refractivity contribution in [3.63, 3.8) is 0 Å². The van der Waals surface area contributed by atoms with E-state index in [-0.39, 0.29) is 36.8 Å². The van der Waals surface area contributed by atoms with Gasteiger partial charge in [-0.2, -0.15) is 0 Å². The van der Waals surface area contributed by atoms with Crippen molar-refractivity contribution >= 4 is 69.7 Å². The van der Waals surface area contributed by atoms with Gasteiger partial charge in [-0.25, -0.2) is 9.97 Å². The lowest BCUT2D eigenvalue weighted by molar-refractivity contribution is 0.0604. The average molecular weight is 623 g/mol. The van der Waals surface area contributed by atoms with Crippen LogP contribution < -0.4 is 15.4 Å². The van der Waals surface area contributed by atoms with Gasteiger partial charge < -0.3 is 20.3 Å². The summed E-state index contributed by atoms with van der Waals surface area (Å²) in [6.07, 6.45) is 7.50. The van der Waals surface area contributed by atoms with Gasteiger partial charge in [-0.3, -0.25) is 4.79 Å².